The van der Waals surface area contributed by atoms with Crippen LogP contribution in [-0.2, 0) is 4.74 Å². The van der Waals surface area contributed by atoms with Crippen molar-refractivity contribution in [1.29, 1.82) is 0 Å². The van der Waals surface area contributed by atoms with Crippen LogP contribution in [-0.4, -0.2) is 44.4 Å². The Bertz CT molecular complexity index is 394. The zero-order chi connectivity index (χ0) is 13.0. The van der Waals surface area contributed by atoms with E-state index in [0.717, 1.165) is 25.3 Å². The normalized spacial score (nSPS) is 20.7. The molecule has 2 heterocycles. The number of ether oxygens (including phenoxy) is 3. The maximum Gasteiger partial charge on any atom is 0.240 e. The third-order valence-electron chi connectivity index (χ3n) is 3.19. The lowest BCUT2D eigenvalue weighted by molar-refractivity contribution is 0.176. The fourth-order valence-electron chi connectivity index (χ4n) is 2.24. The summed E-state index contributed by atoms with van der Waals surface area (Å²) in [6.45, 7) is 1.54. The smallest absolute Gasteiger partial charge is 0.240 e. The number of aromatic nitrogens is 2. The molecule has 0 radical (unpaired) electrons. The van der Waals surface area contributed by atoms with Gasteiger partial charge < -0.3 is 19.5 Å². The van der Waals surface area contributed by atoms with Crippen molar-refractivity contribution in [2.24, 2.45) is 5.92 Å². The van der Waals surface area contributed by atoms with Crippen LogP contribution in [0.1, 0.15) is 18.2 Å². The quantitative estimate of drug-likeness (QED) is 0.837. The molecule has 18 heavy (non-hydrogen) atoms. The molecule has 0 saturated carbocycles. The van der Waals surface area contributed by atoms with Crippen LogP contribution in [0.3, 0.4) is 0 Å². The molecule has 1 fully saturated rings. The van der Waals surface area contributed by atoms with Crippen molar-refractivity contribution >= 4 is 0 Å². The summed E-state index contributed by atoms with van der Waals surface area (Å²) < 4.78 is 15.8. The van der Waals surface area contributed by atoms with Gasteiger partial charge in [0.25, 0.3) is 0 Å². The molecule has 1 aromatic rings. The Labute approximate surface area is 107 Å². The van der Waals surface area contributed by atoms with E-state index in [1.54, 1.807) is 20.4 Å². The van der Waals surface area contributed by atoms with E-state index in [-0.39, 0.29) is 6.04 Å². The van der Waals surface area contributed by atoms with Gasteiger partial charge in [-0.05, 0) is 13.5 Å². The van der Waals surface area contributed by atoms with E-state index in [4.69, 9.17) is 14.2 Å². The van der Waals surface area contributed by atoms with Crippen molar-refractivity contribution in [3.8, 4) is 11.8 Å². The molecular formula is C12H19N3O3. The van der Waals surface area contributed by atoms with Gasteiger partial charge in [-0.25, -0.2) is 4.98 Å². The fourth-order valence-corrected chi connectivity index (χ4v) is 2.24. The highest BCUT2D eigenvalue weighted by atomic mass is 16.5. The first-order valence-corrected chi connectivity index (χ1v) is 6.00. The zero-order valence-electron chi connectivity index (χ0n) is 11.0. The van der Waals surface area contributed by atoms with Crippen molar-refractivity contribution in [3.05, 3.63) is 11.9 Å². The molecule has 2 rings (SSSR count). The van der Waals surface area contributed by atoms with Crippen LogP contribution in [0.4, 0.5) is 0 Å². The molecule has 2 unspecified atom stereocenters. The SMILES string of the molecule is CNC(c1ncc(OC)nc1OC)C1CCOC1. The molecule has 6 nitrogen and oxygen atoms in total. The van der Waals surface area contributed by atoms with E-state index < -0.39 is 0 Å². The summed E-state index contributed by atoms with van der Waals surface area (Å²) in [5.74, 6) is 1.35. The molecule has 6 heteroatoms. The Balaban J connectivity index is 2.28. The summed E-state index contributed by atoms with van der Waals surface area (Å²) in [4.78, 5) is 8.67. The molecular weight excluding hydrogens is 234 g/mol. The summed E-state index contributed by atoms with van der Waals surface area (Å²) in [7, 11) is 5.06. The van der Waals surface area contributed by atoms with Crippen LogP contribution < -0.4 is 14.8 Å². The molecule has 1 aliphatic rings. The molecule has 0 amide bonds. The molecule has 1 aromatic heterocycles. The third kappa shape index (κ3) is 2.54. The Morgan fingerprint density at radius 1 is 1.44 bits per heavy atom. The number of nitrogens with zero attached hydrogens (tertiary/aromatic N) is 2. The van der Waals surface area contributed by atoms with E-state index in [2.05, 4.69) is 15.3 Å². The van der Waals surface area contributed by atoms with Gasteiger partial charge in [-0.1, -0.05) is 0 Å². The van der Waals surface area contributed by atoms with Crippen LogP contribution in [0, 0.1) is 5.92 Å². The molecule has 1 aliphatic heterocycles. The maximum absolute atomic E-state index is 5.43. The average Bonchev–Trinajstić information content (AvgIpc) is 2.94. The first-order valence-electron chi connectivity index (χ1n) is 6.00. The highest BCUT2D eigenvalue weighted by Crippen LogP contribution is 2.32. The Kier molecular flexibility index (Phi) is 4.33. The van der Waals surface area contributed by atoms with Crippen molar-refractivity contribution in [2.75, 3.05) is 34.5 Å². The summed E-state index contributed by atoms with van der Waals surface area (Å²) in [5, 5.41) is 3.27. The first kappa shape index (κ1) is 13.0. The van der Waals surface area contributed by atoms with Crippen LogP contribution in [0.25, 0.3) is 0 Å². The standard InChI is InChI=1S/C12H19N3O3/c1-13-10(8-4-5-18-7-8)11-12(17-3)15-9(16-2)6-14-11/h6,8,10,13H,4-5,7H2,1-3H3. The van der Waals surface area contributed by atoms with E-state index in [9.17, 15) is 0 Å². The van der Waals surface area contributed by atoms with Crippen molar-refractivity contribution in [3.63, 3.8) is 0 Å². The largest absolute Gasteiger partial charge is 0.480 e. The van der Waals surface area contributed by atoms with Crippen LogP contribution >= 0.6 is 0 Å². The van der Waals surface area contributed by atoms with Gasteiger partial charge in [0.15, 0.2) is 0 Å². The van der Waals surface area contributed by atoms with Gasteiger partial charge in [-0.15, -0.1) is 0 Å². The van der Waals surface area contributed by atoms with E-state index in [1.807, 2.05) is 7.05 Å². The number of rotatable bonds is 5. The van der Waals surface area contributed by atoms with E-state index >= 15 is 0 Å². The maximum atomic E-state index is 5.43. The van der Waals surface area contributed by atoms with Crippen LogP contribution in [0.2, 0.25) is 0 Å². The minimum atomic E-state index is 0.0841. The Morgan fingerprint density at radius 2 is 2.28 bits per heavy atom. The van der Waals surface area contributed by atoms with Gasteiger partial charge >= 0.3 is 0 Å². The van der Waals surface area contributed by atoms with Gasteiger partial charge in [-0.3, -0.25) is 0 Å². The van der Waals surface area contributed by atoms with Crippen molar-refractivity contribution in [1.82, 2.24) is 15.3 Å². The molecule has 1 saturated heterocycles. The fraction of sp³-hybridized carbons (Fsp3) is 0.667. The number of methoxy groups -OCH3 is 2. The van der Waals surface area contributed by atoms with Crippen LogP contribution in [0.15, 0.2) is 6.20 Å². The van der Waals surface area contributed by atoms with E-state index in [1.165, 1.54) is 0 Å². The van der Waals surface area contributed by atoms with Gasteiger partial charge in [0, 0.05) is 12.5 Å². The number of hydrogen-bond acceptors (Lipinski definition) is 6. The molecule has 0 aromatic carbocycles. The molecule has 100 valence electrons. The Hall–Kier alpha value is -1.40. The van der Waals surface area contributed by atoms with Crippen LogP contribution in [0.5, 0.6) is 11.8 Å². The van der Waals surface area contributed by atoms with Crippen molar-refractivity contribution in [2.45, 2.75) is 12.5 Å². The van der Waals surface area contributed by atoms with Crippen molar-refractivity contribution < 1.29 is 14.2 Å². The molecule has 1 N–H and O–H groups in total. The monoisotopic (exact) mass is 253 g/mol. The van der Waals surface area contributed by atoms with E-state index in [0.29, 0.717) is 17.7 Å². The number of nitrogens with one attached hydrogen (secondary N) is 1. The third-order valence-corrected chi connectivity index (χ3v) is 3.19. The molecule has 0 spiro atoms. The predicted molar refractivity (Wildman–Crippen MR) is 65.9 cm³/mol. The second-order valence-electron chi connectivity index (χ2n) is 4.20. The molecule has 0 bridgehead atoms. The minimum Gasteiger partial charge on any atom is -0.480 e. The van der Waals surface area contributed by atoms with Gasteiger partial charge in [-0.2, -0.15) is 4.98 Å². The van der Waals surface area contributed by atoms with Gasteiger partial charge in [0.1, 0.15) is 5.69 Å². The lowest BCUT2D eigenvalue weighted by Crippen LogP contribution is -2.27. The first-order chi connectivity index (χ1) is 8.80. The summed E-state index contributed by atoms with van der Waals surface area (Å²) in [6.07, 6.45) is 2.63. The highest BCUT2D eigenvalue weighted by Gasteiger charge is 2.29. The lowest BCUT2D eigenvalue weighted by Gasteiger charge is -2.22. The summed E-state index contributed by atoms with van der Waals surface area (Å²) >= 11 is 0. The zero-order valence-corrected chi connectivity index (χ0v) is 11.0. The second kappa shape index (κ2) is 5.97. The van der Waals surface area contributed by atoms with Gasteiger partial charge in [0.2, 0.25) is 11.8 Å². The molecule has 0 aliphatic carbocycles. The lowest BCUT2D eigenvalue weighted by atomic mass is 9.96. The second-order valence-corrected chi connectivity index (χ2v) is 4.20. The van der Waals surface area contributed by atoms with Gasteiger partial charge in [0.05, 0.1) is 33.1 Å². The Morgan fingerprint density at radius 3 is 2.83 bits per heavy atom. The minimum absolute atomic E-state index is 0.0841. The summed E-state index contributed by atoms with van der Waals surface area (Å²) in [5.41, 5.74) is 0.802. The predicted octanol–water partition coefficient (Wildman–Crippen LogP) is 0.791. The number of hydrogen-bond donors (Lipinski definition) is 1. The highest BCUT2D eigenvalue weighted by molar-refractivity contribution is 5.26. The topological polar surface area (TPSA) is 65.5 Å². The average molecular weight is 253 g/mol. The summed E-state index contributed by atoms with van der Waals surface area (Å²) in [6, 6.07) is 0.0841. The molecule has 2 atom stereocenters.